The van der Waals surface area contributed by atoms with Crippen LogP contribution in [0.25, 0.3) is 0 Å². The summed E-state index contributed by atoms with van der Waals surface area (Å²) in [5, 5.41) is 0. The van der Waals surface area contributed by atoms with E-state index in [9.17, 15) is 16.8 Å². The maximum Gasteiger partial charge on any atom is 0.208 e. The molecule has 0 atom stereocenters. The zero-order chi connectivity index (χ0) is 23.1. The molecule has 0 spiro atoms. The summed E-state index contributed by atoms with van der Waals surface area (Å²) in [6.45, 7) is 11.2. The lowest BCUT2D eigenvalue weighted by molar-refractivity contribution is 0.0167. The highest BCUT2D eigenvalue weighted by Crippen LogP contribution is 2.41. The third-order valence-electron chi connectivity index (χ3n) is 5.39. The number of sulfone groups is 2. The molecule has 0 N–H and O–H groups in total. The van der Waals surface area contributed by atoms with Gasteiger partial charge in [0, 0.05) is 18.9 Å². The zero-order valence-corrected chi connectivity index (χ0v) is 20.6. The van der Waals surface area contributed by atoms with Crippen LogP contribution < -0.4 is 0 Å². The Labute approximate surface area is 181 Å². The van der Waals surface area contributed by atoms with Gasteiger partial charge in [-0.3, -0.25) is 0 Å². The smallest absolute Gasteiger partial charge is 0.208 e. The van der Waals surface area contributed by atoms with E-state index in [4.69, 9.17) is 4.74 Å². The summed E-state index contributed by atoms with van der Waals surface area (Å²) in [7, 11) is -6.44. The SMILES string of the molecule is COC(C)(C)c1cccc(C(C)C)c1S(=O)(=O)c1c(C(C)C)cccc1S(C)(=O)=O. The minimum Gasteiger partial charge on any atom is -0.374 e. The molecule has 0 amide bonds. The van der Waals surface area contributed by atoms with E-state index >= 15 is 0 Å². The van der Waals surface area contributed by atoms with E-state index in [0.717, 1.165) is 6.26 Å². The molecule has 0 aliphatic rings. The van der Waals surface area contributed by atoms with Crippen molar-refractivity contribution in [1.29, 1.82) is 0 Å². The molecule has 0 heterocycles. The summed E-state index contributed by atoms with van der Waals surface area (Å²) < 4.78 is 59.2. The first-order valence-electron chi connectivity index (χ1n) is 9.92. The van der Waals surface area contributed by atoms with Gasteiger partial charge in [0.25, 0.3) is 0 Å². The van der Waals surface area contributed by atoms with Crippen molar-refractivity contribution >= 4 is 19.7 Å². The summed E-state index contributed by atoms with van der Waals surface area (Å²) in [6.07, 6.45) is 1.04. The number of benzene rings is 2. The molecule has 0 unspecified atom stereocenters. The predicted octanol–water partition coefficient (Wildman–Crippen LogP) is 5.05. The minimum atomic E-state index is -4.19. The van der Waals surface area contributed by atoms with Crippen LogP contribution in [0.3, 0.4) is 0 Å². The highest BCUT2D eigenvalue weighted by Gasteiger charge is 2.37. The minimum absolute atomic E-state index is 0.0877. The Morgan fingerprint density at radius 3 is 1.70 bits per heavy atom. The average molecular weight is 453 g/mol. The second-order valence-electron chi connectivity index (χ2n) is 8.70. The van der Waals surface area contributed by atoms with Gasteiger partial charge >= 0.3 is 0 Å². The van der Waals surface area contributed by atoms with Crippen molar-refractivity contribution in [2.45, 2.75) is 73.7 Å². The van der Waals surface area contributed by atoms with Crippen LogP contribution in [0, 0.1) is 0 Å². The molecule has 0 fully saturated rings. The first-order chi connectivity index (χ1) is 13.7. The van der Waals surface area contributed by atoms with Crippen LogP contribution in [-0.2, 0) is 30.0 Å². The topological polar surface area (TPSA) is 77.5 Å². The molecule has 0 aromatic heterocycles. The molecule has 2 aromatic carbocycles. The van der Waals surface area contributed by atoms with Crippen molar-refractivity contribution in [3.05, 3.63) is 53.1 Å². The fourth-order valence-electron chi connectivity index (χ4n) is 3.56. The van der Waals surface area contributed by atoms with Gasteiger partial charge in [-0.25, -0.2) is 16.8 Å². The maximum atomic E-state index is 14.2. The van der Waals surface area contributed by atoms with E-state index in [-0.39, 0.29) is 26.5 Å². The monoisotopic (exact) mass is 452 g/mol. The third kappa shape index (κ3) is 4.48. The number of rotatable bonds is 7. The lowest BCUT2D eigenvalue weighted by atomic mass is 9.92. The van der Waals surface area contributed by atoms with Gasteiger partial charge in [-0.15, -0.1) is 0 Å². The van der Waals surface area contributed by atoms with E-state index in [1.54, 1.807) is 38.1 Å². The van der Waals surface area contributed by atoms with E-state index in [0.29, 0.717) is 16.7 Å². The van der Waals surface area contributed by atoms with Crippen molar-refractivity contribution in [2.75, 3.05) is 13.4 Å². The summed E-state index contributed by atoms with van der Waals surface area (Å²) in [5.74, 6) is -0.267. The lowest BCUT2D eigenvalue weighted by Crippen LogP contribution is -2.25. The van der Waals surface area contributed by atoms with Crippen molar-refractivity contribution in [3.63, 3.8) is 0 Å². The molecule has 0 radical (unpaired) electrons. The van der Waals surface area contributed by atoms with Crippen molar-refractivity contribution in [3.8, 4) is 0 Å². The van der Waals surface area contributed by atoms with E-state index in [1.807, 2.05) is 33.8 Å². The summed E-state index contributed by atoms with van der Waals surface area (Å²) in [5.41, 5.74) is 0.744. The lowest BCUT2D eigenvalue weighted by Gasteiger charge is -2.29. The molecule has 2 rings (SSSR count). The molecular weight excluding hydrogens is 420 g/mol. The third-order valence-corrected chi connectivity index (χ3v) is 8.65. The number of hydrogen-bond acceptors (Lipinski definition) is 5. The van der Waals surface area contributed by atoms with Crippen LogP contribution >= 0.6 is 0 Å². The van der Waals surface area contributed by atoms with Gasteiger partial charge in [0.1, 0.15) is 0 Å². The van der Waals surface area contributed by atoms with Gasteiger partial charge in [0.2, 0.25) is 9.84 Å². The molecule has 0 aliphatic heterocycles. The van der Waals surface area contributed by atoms with E-state index in [1.165, 1.54) is 13.2 Å². The first kappa shape index (κ1) is 24.6. The van der Waals surface area contributed by atoms with Crippen LogP contribution in [0.5, 0.6) is 0 Å². The van der Waals surface area contributed by atoms with Crippen molar-refractivity contribution < 1.29 is 21.6 Å². The van der Waals surface area contributed by atoms with Crippen LogP contribution in [-0.4, -0.2) is 30.2 Å². The number of ether oxygens (including phenoxy) is 1. The van der Waals surface area contributed by atoms with Gasteiger partial charge in [-0.05, 0) is 42.9 Å². The maximum absolute atomic E-state index is 14.2. The molecule has 0 aliphatic carbocycles. The Morgan fingerprint density at radius 1 is 0.800 bits per heavy atom. The largest absolute Gasteiger partial charge is 0.374 e. The van der Waals surface area contributed by atoms with E-state index in [2.05, 4.69) is 0 Å². The Bertz CT molecular complexity index is 1140. The van der Waals surface area contributed by atoms with Crippen molar-refractivity contribution in [1.82, 2.24) is 0 Å². The highest BCUT2D eigenvalue weighted by molar-refractivity contribution is 7.94. The van der Waals surface area contributed by atoms with Crippen LogP contribution in [0.1, 0.15) is 70.1 Å². The molecule has 30 heavy (non-hydrogen) atoms. The summed E-state index contributed by atoms with van der Waals surface area (Å²) in [4.78, 5) is -0.179. The predicted molar refractivity (Wildman–Crippen MR) is 120 cm³/mol. The summed E-state index contributed by atoms with van der Waals surface area (Å²) in [6, 6.07) is 9.99. The average Bonchev–Trinajstić information content (AvgIpc) is 2.65. The Hall–Kier alpha value is -1.70. The second-order valence-corrected chi connectivity index (χ2v) is 12.5. The summed E-state index contributed by atoms with van der Waals surface area (Å²) >= 11 is 0. The molecule has 0 bridgehead atoms. The van der Waals surface area contributed by atoms with Gasteiger partial charge < -0.3 is 4.74 Å². The normalized spacial score (nSPS) is 13.3. The first-order valence-corrected chi connectivity index (χ1v) is 13.3. The van der Waals surface area contributed by atoms with Gasteiger partial charge in [-0.2, -0.15) is 0 Å². The number of hydrogen-bond donors (Lipinski definition) is 0. The van der Waals surface area contributed by atoms with Crippen LogP contribution in [0.2, 0.25) is 0 Å². The second kappa shape index (κ2) is 8.44. The molecule has 0 saturated carbocycles. The fourth-order valence-corrected chi connectivity index (χ4v) is 7.49. The highest BCUT2D eigenvalue weighted by atomic mass is 32.2. The number of methoxy groups -OCH3 is 1. The zero-order valence-electron chi connectivity index (χ0n) is 19.0. The Kier molecular flexibility index (Phi) is 6.91. The van der Waals surface area contributed by atoms with E-state index < -0.39 is 25.3 Å². The molecular formula is C23H32O5S2. The van der Waals surface area contributed by atoms with Gasteiger partial charge in [0.05, 0.1) is 20.3 Å². The van der Waals surface area contributed by atoms with Crippen molar-refractivity contribution in [2.24, 2.45) is 0 Å². The molecule has 5 nitrogen and oxygen atoms in total. The molecule has 2 aromatic rings. The standard InChI is InChI=1S/C23H32O5S2/c1-15(2)17-11-9-13-19(23(5,6)28-7)21(17)30(26,27)22-18(16(3)4)12-10-14-20(22)29(8,24)25/h9-16H,1-8H3. The molecule has 166 valence electrons. The quantitative estimate of drug-likeness (QED) is 0.587. The van der Waals surface area contributed by atoms with Crippen LogP contribution in [0.4, 0.5) is 0 Å². The van der Waals surface area contributed by atoms with Crippen LogP contribution in [0.15, 0.2) is 51.1 Å². The molecule has 0 saturated heterocycles. The van der Waals surface area contributed by atoms with Gasteiger partial charge in [-0.1, -0.05) is 58.0 Å². The Morgan fingerprint density at radius 2 is 1.27 bits per heavy atom. The Balaban J connectivity index is 3.12. The molecule has 7 heteroatoms. The fraction of sp³-hybridized carbons (Fsp3) is 0.478. The van der Waals surface area contributed by atoms with Gasteiger partial charge in [0.15, 0.2) is 9.84 Å².